The minimum Gasteiger partial charge on any atom is -0.449 e. The number of hydrogen-bond donors (Lipinski definition) is 1. The van der Waals surface area contributed by atoms with Crippen molar-refractivity contribution in [3.63, 3.8) is 0 Å². The van der Waals surface area contributed by atoms with E-state index in [1.165, 1.54) is 34.4 Å². The van der Waals surface area contributed by atoms with Gasteiger partial charge in [0.2, 0.25) is 0 Å². The van der Waals surface area contributed by atoms with Crippen molar-refractivity contribution in [1.29, 1.82) is 0 Å². The summed E-state index contributed by atoms with van der Waals surface area (Å²) in [6, 6.07) is 24.3. The molecule has 39 heavy (non-hydrogen) atoms. The Hall–Kier alpha value is -3.44. The van der Waals surface area contributed by atoms with Gasteiger partial charge in [0.25, 0.3) is 11.5 Å². The van der Waals surface area contributed by atoms with Crippen LogP contribution in [0.5, 0.6) is 0 Å². The molecule has 0 fully saturated rings. The predicted molar refractivity (Wildman–Crippen MR) is 160 cm³/mol. The van der Waals surface area contributed by atoms with E-state index in [2.05, 4.69) is 21.2 Å². The Balaban J connectivity index is 1.41. The van der Waals surface area contributed by atoms with Crippen molar-refractivity contribution >= 4 is 68.0 Å². The number of anilines is 1. The molecule has 3 aromatic heterocycles. The fourth-order valence-electron chi connectivity index (χ4n) is 4.28. The second-order valence-electron chi connectivity index (χ2n) is 8.62. The molecule has 1 atom stereocenters. The number of aromatic nitrogens is 1. The zero-order chi connectivity index (χ0) is 26.9. The number of benzene rings is 2. The van der Waals surface area contributed by atoms with Crippen LogP contribution < -0.4 is 20.2 Å². The highest BCUT2D eigenvalue weighted by molar-refractivity contribution is 9.10. The van der Waals surface area contributed by atoms with Crippen molar-refractivity contribution in [3.05, 3.63) is 130 Å². The number of nitrogens with one attached hydrogen (secondary N) is 1. The fraction of sp³-hybridized carbons (Fsp3) is 0.0690. The number of para-hydroxylation sites is 1. The minimum atomic E-state index is -0.584. The van der Waals surface area contributed by atoms with E-state index in [4.69, 9.17) is 9.41 Å². The maximum atomic E-state index is 13.8. The Labute approximate surface area is 244 Å². The number of halogens is 1. The SMILES string of the molecule is CC1=C(C(=O)Nc2ccccc2)[C@H](c2cccs2)n2c(s/c(=C/c3cc(Br)c(Sc4ccccc4)o3)c2=O)=N1. The highest BCUT2D eigenvalue weighted by Gasteiger charge is 2.33. The molecule has 1 amide bonds. The number of thiazole rings is 1. The standard InChI is InChI=1S/C29H20BrN3O3S3/c1-17-24(26(34)32-18-9-4-2-5-10-18)25(22-13-8-14-37-22)33-27(35)23(39-29(33)31-17)16-19-15-21(30)28(36-19)38-20-11-6-3-7-12-20/h2-16,25H,1H3,(H,32,34)/b23-16+/t25-/m0/s1. The number of hydrogen-bond acceptors (Lipinski definition) is 7. The van der Waals surface area contributed by atoms with E-state index in [1.54, 1.807) is 10.6 Å². The van der Waals surface area contributed by atoms with Crippen LogP contribution in [-0.2, 0) is 4.79 Å². The van der Waals surface area contributed by atoms with Crippen LogP contribution in [0.2, 0.25) is 0 Å². The van der Waals surface area contributed by atoms with Gasteiger partial charge in [0.05, 0.1) is 20.3 Å². The molecule has 6 rings (SSSR count). The van der Waals surface area contributed by atoms with Crippen molar-refractivity contribution in [3.8, 4) is 0 Å². The molecule has 10 heteroatoms. The Bertz CT molecular complexity index is 1870. The molecular weight excluding hydrogens is 614 g/mol. The van der Waals surface area contributed by atoms with Gasteiger partial charge in [-0.2, -0.15) is 0 Å². The number of allylic oxidation sites excluding steroid dienone is 1. The van der Waals surface area contributed by atoms with Crippen molar-refractivity contribution in [2.24, 2.45) is 4.99 Å². The third kappa shape index (κ3) is 5.25. The van der Waals surface area contributed by atoms with Crippen molar-refractivity contribution in [2.45, 2.75) is 23.0 Å². The third-order valence-corrected chi connectivity index (χ3v) is 9.77. The molecule has 2 aromatic carbocycles. The largest absolute Gasteiger partial charge is 0.449 e. The molecule has 0 bridgehead atoms. The zero-order valence-electron chi connectivity index (χ0n) is 20.5. The molecule has 1 N–H and O–H groups in total. The van der Waals surface area contributed by atoms with Gasteiger partial charge in [-0.1, -0.05) is 65.6 Å². The number of furan rings is 1. The molecule has 0 aliphatic carbocycles. The van der Waals surface area contributed by atoms with Crippen LogP contribution in [0.25, 0.3) is 6.08 Å². The second-order valence-corrected chi connectivity index (χ2v) is 12.5. The van der Waals surface area contributed by atoms with Gasteiger partial charge in [0.15, 0.2) is 9.89 Å². The lowest BCUT2D eigenvalue weighted by atomic mass is 10.0. The van der Waals surface area contributed by atoms with Crippen LogP contribution in [0.15, 0.2) is 124 Å². The van der Waals surface area contributed by atoms with E-state index < -0.39 is 6.04 Å². The number of fused-ring (bicyclic) bond motifs is 1. The first-order valence-electron chi connectivity index (χ1n) is 11.9. The van der Waals surface area contributed by atoms with Crippen LogP contribution in [0.1, 0.15) is 23.6 Å². The molecular formula is C29H20BrN3O3S3. The quantitative estimate of drug-likeness (QED) is 0.233. The van der Waals surface area contributed by atoms with Gasteiger partial charge in [0.1, 0.15) is 11.8 Å². The molecule has 0 saturated carbocycles. The molecule has 0 saturated heterocycles. The summed E-state index contributed by atoms with van der Waals surface area (Å²) in [4.78, 5) is 34.5. The highest BCUT2D eigenvalue weighted by atomic mass is 79.9. The Morgan fingerprint density at radius 2 is 1.85 bits per heavy atom. The molecule has 0 spiro atoms. The Morgan fingerprint density at radius 1 is 1.10 bits per heavy atom. The summed E-state index contributed by atoms with van der Waals surface area (Å²) in [5.74, 6) is 0.267. The van der Waals surface area contributed by atoms with Crippen LogP contribution in [0.3, 0.4) is 0 Å². The second kappa shape index (κ2) is 11.0. The number of carbonyl (C=O) groups is 1. The van der Waals surface area contributed by atoms with Gasteiger partial charge in [-0.25, -0.2) is 4.99 Å². The molecule has 4 heterocycles. The van der Waals surface area contributed by atoms with Crippen molar-refractivity contribution < 1.29 is 9.21 Å². The lowest BCUT2D eigenvalue weighted by molar-refractivity contribution is -0.113. The van der Waals surface area contributed by atoms with Crippen LogP contribution in [-0.4, -0.2) is 10.5 Å². The van der Waals surface area contributed by atoms with E-state index in [9.17, 15) is 9.59 Å². The number of rotatable bonds is 6. The fourth-order valence-corrected chi connectivity index (χ4v) is 7.48. The van der Waals surface area contributed by atoms with Gasteiger partial charge in [0, 0.05) is 21.5 Å². The van der Waals surface area contributed by atoms with Gasteiger partial charge >= 0.3 is 0 Å². The maximum Gasteiger partial charge on any atom is 0.271 e. The van der Waals surface area contributed by atoms with Gasteiger partial charge in [-0.3, -0.25) is 14.2 Å². The molecule has 1 aliphatic heterocycles. The average molecular weight is 635 g/mol. The number of thiophene rings is 1. The topological polar surface area (TPSA) is 76.6 Å². The average Bonchev–Trinajstić information content (AvgIpc) is 3.65. The summed E-state index contributed by atoms with van der Waals surface area (Å²) in [7, 11) is 0. The number of nitrogens with zero attached hydrogens (tertiary/aromatic N) is 2. The lowest BCUT2D eigenvalue weighted by Crippen LogP contribution is -2.40. The summed E-state index contributed by atoms with van der Waals surface area (Å²) < 4.78 is 8.97. The van der Waals surface area contributed by atoms with Crippen molar-refractivity contribution in [1.82, 2.24) is 4.57 Å². The third-order valence-electron chi connectivity index (χ3n) is 6.01. The summed E-state index contributed by atoms with van der Waals surface area (Å²) in [5.41, 5.74) is 1.48. The van der Waals surface area contributed by atoms with Gasteiger partial charge in [-0.05, 0) is 64.6 Å². The van der Waals surface area contributed by atoms with Crippen LogP contribution in [0, 0.1) is 0 Å². The normalized spacial score (nSPS) is 15.2. The monoisotopic (exact) mass is 633 g/mol. The summed E-state index contributed by atoms with van der Waals surface area (Å²) in [6.45, 7) is 1.81. The predicted octanol–water partition coefficient (Wildman–Crippen LogP) is 6.44. The van der Waals surface area contributed by atoms with E-state index in [0.717, 1.165) is 14.2 Å². The van der Waals surface area contributed by atoms with E-state index in [-0.39, 0.29) is 11.5 Å². The van der Waals surface area contributed by atoms with Crippen LogP contribution >= 0.6 is 50.4 Å². The summed E-state index contributed by atoms with van der Waals surface area (Å²) in [5, 5.41) is 5.61. The van der Waals surface area contributed by atoms with E-state index >= 15 is 0 Å². The highest BCUT2D eigenvalue weighted by Crippen LogP contribution is 2.36. The van der Waals surface area contributed by atoms with Gasteiger partial charge in [-0.15, -0.1) is 11.3 Å². The van der Waals surface area contributed by atoms with Crippen molar-refractivity contribution in [2.75, 3.05) is 5.32 Å². The number of amides is 1. The Kier molecular flexibility index (Phi) is 7.26. The maximum absolute atomic E-state index is 13.8. The number of carbonyl (C=O) groups excluding carboxylic acids is 1. The Morgan fingerprint density at radius 3 is 2.56 bits per heavy atom. The zero-order valence-corrected chi connectivity index (χ0v) is 24.5. The van der Waals surface area contributed by atoms with E-state index in [1.807, 2.05) is 91.2 Å². The molecule has 194 valence electrons. The van der Waals surface area contributed by atoms with Crippen LogP contribution in [0.4, 0.5) is 5.69 Å². The molecule has 5 aromatic rings. The minimum absolute atomic E-state index is 0.223. The molecule has 1 aliphatic rings. The molecule has 6 nitrogen and oxygen atoms in total. The first-order chi connectivity index (χ1) is 19.0. The first-order valence-corrected chi connectivity index (χ1v) is 15.2. The summed E-state index contributed by atoms with van der Waals surface area (Å²) in [6.07, 6.45) is 1.73. The molecule has 0 unspecified atom stereocenters. The summed E-state index contributed by atoms with van der Waals surface area (Å²) >= 11 is 7.86. The smallest absolute Gasteiger partial charge is 0.271 e. The lowest BCUT2D eigenvalue weighted by Gasteiger charge is -2.24. The van der Waals surface area contributed by atoms with E-state index in [0.29, 0.717) is 37.1 Å². The first kappa shape index (κ1) is 25.8. The van der Waals surface area contributed by atoms with Gasteiger partial charge < -0.3 is 9.73 Å². The molecule has 0 radical (unpaired) electrons.